The fourth-order valence-corrected chi connectivity index (χ4v) is 0.863. The summed E-state index contributed by atoms with van der Waals surface area (Å²) in [6, 6.07) is 0. The number of hydrogen-bond donors (Lipinski definition) is 1. The van der Waals surface area contributed by atoms with E-state index >= 15 is 0 Å². The van der Waals surface area contributed by atoms with Crippen LogP contribution in [0.1, 0.15) is 26.7 Å². The Balaban J connectivity index is 3.44. The van der Waals surface area contributed by atoms with E-state index in [1.54, 1.807) is 6.92 Å². The molecule has 0 spiro atoms. The second-order valence-corrected chi connectivity index (χ2v) is 3.49. The van der Waals surface area contributed by atoms with Crippen molar-refractivity contribution < 1.29 is 19.4 Å². The smallest absolute Gasteiger partial charge is 0.333 e. The maximum absolute atomic E-state index is 11.0. The van der Waals surface area contributed by atoms with Crippen molar-refractivity contribution >= 4 is 5.97 Å². The standard InChI is InChI=1S/C11H20O4/c1-9(2)11(13)15-8-10(3)14-7-5-4-6-12/h10,12H,1,4-8H2,2-3H3. The van der Waals surface area contributed by atoms with Crippen molar-refractivity contribution in [2.24, 2.45) is 0 Å². The summed E-state index contributed by atoms with van der Waals surface area (Å²) in [5, 5.41) is 8.53. The number of aliphatic hydroxyl groups excluding tert-OH is 1. The van der Waals surface area contributed by atoms with Gasteiger partial charge in [-0.2, -0.15) is 0 Å². The van der Waals surface area contributed by atoms with Gasteiger partial charge in [0.05, 0.1) is 6.10 Å². The van der Waals surface area contributed by atoms with Crippen molar-refractivity contribution in [1.29, 1.82) is 0 Å². The Labute approximate surface area is 90.9 Å². The molecule has 0 aromatic heterocycles. The largest absolute Gasteiger partial charge is 0.460 e. The van der Waals surface area contributed by atoms with Gasteiger partial charge in [0.25, 0.3) is 0 Å². The Bertz CT molecular complexity index is 201. The van der Waals surface area contributed by atoms with E-state index in [0.717, 1.165) is 12.8 Å². The Kier molecular flexibility index (Phi) is 7.95. The topological polar surface area (TPSA) is 55.8 Å². The van der Waals surface area contributed by atoms with Crippen LogP contribution < -0.4 is 0 Å². The zero-order chi connectivity index (χ0) is 11.7. The van der Waals surface area contributed by atoms with E-state index in [9.17, 15) is 4.79 Å². The molecule has 0 bridgehead atoms. The van der Waals surface area contributed by atoms with Gasteiger partial charge in [-0.1, -0.05) is 6.58 Å². The number of rotatable bonds is 8. The molecular formula is C11H20O4. The van der Waals surface area contributed by atoms with Crippen molar-refractivity contribution in [2.45, 2.75) is 32.8 Å². The van der Waals surface area contributed by atoms with Crippen molar-refractivity contribution in [1.82, 2.24) is 0 Å². The summed E-state index contributed by atoms with van der Waals surface area (Å²) in [5.74, 6) is -0.388. The molecule has 88 valence electrons. The lowest BCUT2D eigenvalue weighted by atomic mass is 10.3. The molecule has 0 saturated carbocycles. The minimum atomic E-state index is -0.388. The highest BCUT2D eigenvalue weighted by Gasteiger charge is 2.07. The molecule has 0 aromatic carbocycles. The molecular weight excluding hydrogens is 196 g/mol. The molecule has 0 amide bonds. The number of carbonyl (C=O) groups excluding carboxylic acids is 1. The molecule has 0 aliphatic rings. The summed E-state index contributed by atoms with van der Waals surface area (Å²) in [6.07, 6.45) is 1.43. The minimum Gasteiger partial charge on any atom is -0.460 e. The maximum atomic E-state index is 11.0. The summed E-state index contributed by atoms with van der Waals surface area (Å²) in [5.41, 5.74) is 0.391. The van der Waals surface area contributed by atoms with E-state index in [-0.39, 0.29) is 25.3 Å². The molecule has 1 unspecified atom stereocenters. The van der Waals surface area contributed by atoms with Gasteiger partial charge in [0, 0.05) is 18.8 Å². The molecule has 15 heavy (non-hydrogen) atoms. The van der Waals surface area contributed by atoms with E-state index in [4.69, 9.17) is 14.6 Å². The number of aliphatic hydroxyl groups is 1. The van der Waals surface area contributed by atoms with E-state index in [1.807, 2.05) is 6.92 Å². The fourth-order valence-electron chi connectivity index (χ4n) is 0.863. The van der Waals surface area contributed by atoms with Crippen LogP contribution in [0.2, 0.25) is 0 Å². The summed E-state index contributed by atoms with van der Waals surface area (Å²) in [4.78, 5) is 11.0. The number of hydrogen-bond acceptors (Lipinski definition) is 4. The van der Waals surface area contributed by atoms with Crippen LogP contribution in [0.4, 0.5) is 0 Å². The lowest BCUT2D eigenvalue weighted by Gasteiger charge is -2.13. The van der Waals surface area contributed by atoms with Crippen LogP contribution in [0.5, 0.6) is 0 Å². The molecule has 4 nitrogen and oxygen atoms in total. The van der Waals surface area contributed by atoms with Crippen LogP contribution in [0.15, 0.2) is 12.2 Å². The Morgan fingerprint density at radius 2 is 2.13 bits per heavy atom. The predicted octanol–water partition coefficient (Wildman–Crippen LogP) is 1.28. The predicted molar refractivity (Wildman–Crippen MR) is 57.5 cm³/mol. The molecule has 0 radical (unpaired) electrons. The lowest BCUT2D eigenvalue weighted by Crippen LogP contribution is -2.19. The van der Waals surface area contributed by atoms with Gasteiger partial charge in [-0.05, 0) is 26.7 Å². The first kappa shape index (κ1) is 14.1. The molecule has 0 aromatic rings. The highest BCUT2D eigenvalue weighted by atomic mass is 16.6. The van der Waals surface area contributed by atoms with Crippen molar-refractivity contribution in [3.63, 3.8) is 0 Å². The summed E-state index contributed by atoms with van der Waals surface area (Å²) < 4.78 is 10.3. The van der Waals surface area contributed by atoms with Crippen LogP contribution in [-0.2, 0) is 14.3 Å². The number of unbranched alkanes of at least 4 members (excludes halogenated alkanes) is 1. The minimum absolute atomic E-state index is 0.119. The fraction of sp³-hybridized carbons (Fsp3) is 0.727. The van der Waals surface area contributed by atoms with Crippen molar-refractivity contribution in [2.75, 3.05) is 19.8 Å². The molecule has 1 N–H and O–H groups in total. The third kappa shape index (κ3) is 8.15. The van der Waals surface area contributed by atoms with Crippen molar-refractivity contribution in [3.8, 4) is 0 Å². The van der Waals surface area contributed by atoms with Gasteiger partial charge < -0.3 is 14.6 Å². The van der Waals surface area contributed by atoms with Crippen LogP contribution in [0.3, 0.4) is 0 Å². The monoisotopic (exact) mass is 216 g/mol. The van der Waals surface area contributed by atoms with Crippen LogP contribution in [-0.4, -0.2) is 37.0 Å². The normalized spacial score (nSPS) is 12.2. The summed E-state index contributed by atoms with van der Waals surface area (Å²) >= 11 is 0. The number of carbonyl (C=O) groups is 1. The molecule has 0 aliphatic heterocycles. The second kappa shape index (κ2) is 8.44. The third-order valence-corrected chi connectivity index (χ3v) is 1.75. The van der Waals surface area contributed by atoms with Crippen LogP contribution in [0, 0.1) is 0 Å². The first-order valence-electron chi connectivity index (χ1n) is 5.13. The molecule has 1 atom stereocenters. The number of esters is 1. The molecule has 4 heteroatoms. The summed E-state index contributed by atoms with van der Waals surface area (Å²) in [7, 11) is 0. The third-order valence-electron chi connectivity index (χ3n) is 1.75. The zero-order valence-corrected chi connectivity index (χ0v) is 9.49. The highest BCUT2D eigenvalue weighted by molar-refractivity contribution is 5.86. The summed E-state index contributed by atoms with van der Waals surface area (Å²) in [6.45, 7) is 7.92. The number of ether oxygens (including phenoxy) is 2. The average molecular weight is 216 g/mol. The molecule has 0 heterocycles. The van der Waals surface area contributed by atoms with Gasteiger partial charge in [0.1, 0.15) is 6.61 Å². The Morgan fingerprint density at radius 3 is 2.67 bits per heavy atom. The molecule has 0 saturated heterocycles. The second-order valence-electron chi connectivity index (χ2n) is 3.49. The van der Waals surface area contributed by atoms with Gasteiger partial charge in [-0.3, -0.25) is 0 Å². The molecule has 0 aliphatic carbocycles. The SMILES string of the molecule is C=C(C)C(=O)OCC(C)OCCCCO. The van der Waals surface area contributed by atoms with E-state index < -0.39 is 0 Å². The highest BCUT2D eigenvalue weighted by Crippen LogP contribution is 1.98. The first-order chi connectivity index (χ1) is 7.07. The molecule has 0 fully saturated rings. The first-order valence-corrected chi connectivity index (χ1v) is 5.13. The Hall–Kier alpha value is -0.870. The van der Waals surface area contributed by atoms with Crippen LogP contribution in [0.25, 0.3) is 0 Å². The molecule has 0 rings (SSSR count). The quantitative estimate of drug-likeness (QED) is 0.377. The van der Waals surface area contributed by atoms with E-state index in [1.165, 1.54) is 0 Å². The lowest BCUT2D eigenvalue weighted by molar-refractivity contribution is -0.142. The van der Waals surface area contributed by atoms with E-state index in [0.29, 0.717) is 12.2 Å². The maximum Gasteiger partial charge on any atom is 0.333 e. The van der Waals surface area contributed by atoms with Crippen LogP contribution >= 0.6 is 0 Å². The van der Waals surface area contributed by atoms with Gasteiger partial charge in [0.2, 0.25) is 0 Å². The Morgan fingerprint density at radius 1 is 1.47 bits per heavy atom. The van der Waals surface area contributed by atoms with Gasteiger partial charge >= 0.3 is 5.97 Å². The van der Waals surface area contributed by atoms with Crippen molar-refractivity contribution in [3.05, 3.63) is 12.2 Å². The van der Waals surface area contributed by atoms with Gasteiger partial charge in [-0.15, -0.1) is 0 Å². The average Bonchev–Trinajstić information content (AvgIpc) is 2.20. The van der Waals surface area contributed by atoms with Gasteiger partial charge in [-0.25, -0.2) is 4.79 Å². The van der Waals surface area contributed by atoms with Gasteiger partial charge in [0.15, 0.2) is 0 Å². The zero-order valence-electron chi connectivity index (χ0n) is 9.49. The van der Waals surface area contributed by atoms with E-state index in [2.05, 4.69) is 6.58 Å².